The van der Waals surface area contributed by atoms with Gasteiger partial charge in [0.05, 0.1) is 23.4 Å². The topological polar surface area (TPSA) is 78.6 Å². The van der Waals surface area contributed by atoms with Gasteiger partial charge in [0.1, 0.15) is 0 Å². The van der Waals surface area contributed by atoms with Gasteiger partial charge >= 0.3 is 0 Å². The Labute approximate surface area is 118 Å². The van der Waals surface area contributed by atoms with Crippen molar-refractivity contribution in [2.45, 2.75) is 25.9 Å². The molecule has 19 heavy (non-hydrogen) atoms. The van der Waals surface area contributed by atoms with Crippen LogP contribution < -0.4 is 11.1 Å². The molecule has 4 N–H and O–H groups in total. The number of hydrogen-bond acceptors (Lipinski definition) is 4. The van der Waals surface area contributed by atoms with Crippen molar-refractivity contribution in [2.75, 3.05) is 24.7 Å². The summed E-state index contributed by atoms with van der Waals surface area (Å²) < 4.78 is 0. The van der Waals surface area contributed by atoms with Crippen LogP contribution in [-0.2, 0) is 4.79 Å². The van der Waals surface area contributed by atoms with Crippen molar-refractivity contribution < 1.29 is 9.90 Å². The highest BCUT2D eigenvalue weighted by Gasteiger charge is 2.22. The van der Waals surface area contributed by atoms with Gasteiger partial charge < -0.3 is 16.2 Å². The summed E-state index contributed by atoms with van der Waals surface area (Å²) >= 11 is 6.00. The van der Waals surface area contributed by atoms with Crippen LogP contribution in [0.1, 0.15) is 13.8 Å². The van der Waals surface area contributed by atoms with Crippen molar-refractivity contribution in [1.82, 2.24) is 4.90 Å². The molecular formula is C13H20ClN3O2. The van der Waals surface area contributed by atoms with Crippen LogP contribution in [0.25, 0.3) is 0 Å². The van der Waals surface area contributed by atoms with Crippen LogP contribution in [0.15, 0.2) is 18.2 Å². The van der Waals surface area contributed by atoms with E-state index >= 15 is 0 Å². The van der Waals surface area contributed by atoms with Crippen molar-refractivity contribution in [3.05, 3.63) is 23.2 Å². The molecule has 106 valence electrons. The standard InChI is InChI=1S/C13H20ClN3O2/c1-8(7-18)17(3)9(2)13(19)16-12-5-4-10(15)6-11(12)14/h4-6,8-9,18H,7,15H2,1-3H3,(H,16,19). The lowest BCUT2D eigenvalue weighted by Crippen LogP contribution is -2.45. The van der Waals surface area contributed by atoms with Gasteiger partial charge in [0.25, 0.3) is 0 Å². The summed E-state index contributed by atoms with van der Waals surface area (Å²) in [6, 6.07) is 4.45. The molecule has 0 spiro atoms. The number of carbonyl (C=O) groups excluding carboxylic acids is 1. The van der Waals surface area contributed by atoms with Crippen molar-refractivity contribution in [2.24, 2.45) is 0 Å². The molecule has 5 nitrogen and oxygen atoms in total. The summed E-state index contributed by atoms with van der Waals surface area (Å²) in [6.07, 6.45) is 0. The average Bonchev–Trinajstić information content (AvgIpc) is 2.39. The van der Waals surface area contributed by atoms with E-state index in [0.29, 0.717) is 16.4 Å². The molecule has 6 heteroatoms. The molecule has 1 aromatic rings. The smallest absolute Gasteiger partial charge is 0.241 e. The fraction of sp³-hybridized carbons (Fsp3) is 0.462. The number of nitrogens with two attached hydrogens (primary N) is 1. The van der Waals surface area contributed by atoms with E-state index < -0.39 is 0 Å². The Bertz CT molecular complexity index is 454. The van der Waals surface area contributed by atoms with Crippen molar-refractivity contribution in [3.8, 4) is 0 Å². The first kappa shape index (κ1) is 15.8. The van der Waals surface area contributed by atoms with Gasteiger partial charge in [-0.2, -0.15) is 0 Å². The summed E-state index contributed by atoms with van der Waals surface area (Å²) in [5, 5.41) is 12.2. The third-order valence-corrected chi connectivity index (χ3v) is 3.51. The monoisotopic (exact) mass is 285 g/mol. The van der Waals surface area contributed by atoms with Crippen LogP contribution in [0.4, 0.5) is 11.4 Å². The molecule has 0 fully saturated rings. The van der Waals surface area contributed by atoms with Gasteiger partial charge in [-0.1, -0.05) is 11.6 Å². The van der Waals surface area contributed by atoms with E-state index in [4.69, 9.17) is 22.4 Å². The molecule has 0 saturated carbocycles. The van der Waals surface area contributed by atoms with Gasteiger partial charge in [0.15, 0.2) is 0 Å². The SMILES string of the molecule is CC(CO)N(C)C(C)C(=O)Nc1ccc(N)cc1Cl. The first-order valence-corrected chi connectivity index (χ1v) is 6.43. The quantitative estimate of drug-likeness (QED) is 0.718. The highest BCUT2D eigenvalue weighted by molar-refractivity contribution is 6.34. The normalized spacial score (nSPS) is 14.2. The number of halogens is 1. The first-order chi connectivity index (χ1) is 8.86. The molecule has 0 heterocycles. The Balaban J connectivity index is 2.74. The lowest BCUT2D eigenvalue weighted by Gasteiger charge is -2.28. The van der Waals surface area contributed by atoms with Gasteiger partial charge in [-0.05, 0) is 39.1 Å². The van der Waals surface area contributed by atoms with Crippen molar-refractivity contribution in [3.63, 3.8) is 0 Å². The lowest BCUT2D eigenvalue weighted by atomic mass is 10.2. The first-order valence-electron chi connectivity index (χ1n) is 6.05. The zero-order chi connectivity index (χ0) is 14.6. The van der Waals surface area contributed by atoms with Gasteiger partial charge in [0.2, 0.25) is 5.91 Å². The molecule has 2 atom stereocenters. The summed E-state index contributed by atoms with van der Waals surface area (Å²) in [5.41, 5.74) is 6.66. The van der Waals surface area contributed by atoms with Crippen molar-refractivity contribution >= 4 is 28.9 Å². The Morgan fingerprint density at radius 3 is 2.68 bits per heavy atom. The number of carbonyl (C=O) groups is 1. The highest BCUT2D eigenvalue weighted by Crippen LogP contribution is 2.24. The molecule has 1 aromatic carbocycles. The second-order valence-electron chi connectivity index (χ2n) is 4.60. The van der Waals surface area contributed by atoms with Crippen molar-refractivity contribution in [1.29, 1.82) is 0 Å². The molecule has 0 saturated heterocycles. The van der Waals surface area contributed by atoms with E-state index in [1.54, 1.807) is 37.1 Å². The zero-order valence-corrected chi connectivity index (χ0v) is 12.1. The number of amides is 1. The number of nitrogens with zero attached hydrogens (tertiary/aromatic N) is 1. The minimum atomic E-state index is -0.379. The van der Waals surface area contributed by atoms with E-state index in [0.717, 1.165) is 0 Å². The van der Waals surface area contributed by atoms with Crippen LogP contribution in [0, 0.1) is 0 Å². The van der Waals surface area contributed by atoms with Gasteiger partial charge in [-0.3, -0.25) is 9.69 Å². The maximum absolute atomic E-state index is 12.1. The minimum absolute atomic E-state index is 0.00323. The van der Waals surface area contributed by atoms with Crippen LogP contribution in [0.5, 0.6) is 0 Å². The maximum Gasteiger partial charge on any atom is 0.241 e. The number of anilines is 2. The number of nitrogen functional groups attached to an aromatic ring is 1. The summed E-state index contributed by atoms with van der Waals surface area (Å²) in [4.78, 5) is 13.9. The summed E-state index contributed by atoms with van der Waals surface area (Å²) in [6.45, 7) is 3.61. The predicted octanol–water partition coefficient (Wildman–Crippen LogP) is 1.56. The van der Waals surface area contributed by atoms with E-state index in [-0.39, 0.29) is 24.6 Å². The Morgan fingerprint density at radius 1 is 1.53 bits per heavy atom. The number of nitrogens with one attached hydrogen (secondary N) is 1. The molecule has 0 aliphatic carbocycles. The molecular weight excluding hydrogens is 266 g/mol. The molecule has 0 aliphatic heterocycles. The van der Waals surface area contributed by atoms with Crippen LogP contribution in [0.3, 0.4) is 0 Å². The number of aliphatic hydroxyl groups excluding tert-OH is 1. The largest absolute Gasteiger partial charge is 0.399 e. The van der Waals surface area contributed by atoms with E-state index in [9.17, 15) is 4.79 Å². The van der Waals surface area contributed by atoms with Crippen LogP contribution in [-0.4, -0.2) is 41.7 Å². The van der Waals surface area contributed by atoms with Gasteiger partial charge in [0, 0.05) is 11.7 Å². The molecule has 0 aliphatic rings. The molecule has 1 amide bonds. The fourth-order valence-electron chi connectivity index (χ4n) is 1.57. The second kappa shape index (κ2) is 6.75. The van der Waals surface area contributed by atoms with Crippen LogP contribution in [0.2, 0.25) is 5.02 Å². The highest BCUT2D eigenvalue weighted by atomic mass is 35.5. The number of benzene rings is 1. The number of aliphatic hydroxyl groups is 1. The van der Waals surface area contributed by atoms with E-state index in [1.807, 2.05) is 6.92 Å². The number of rotatable bonds is 5. The molecule has 0 aromatic heterocycles. The maximum atomic E-state index is 12.1. The molecule has 0 bridgehead atoms. The predicted molar refractivity (Wildman–Crippen MR) is 78.3 cm³/mol. The van der Waals surface area contributed by atoms with E-state index in [2.05, 4.69) is 5.32 Å². The molecule has 1 rings (SSSR count). The molecule has 2 unspecified atom stereocenters. The third-order valence-electron chi connectivity index (χ3n) is 3.20. The second-order valence-corrected chi connectivity index (χ2v) is 5.01. The van der Waals surface area contributed by atoms with Crippen LogP contribution >= 0.6 is 11.6 Å². The van der Waals surface area contributed by atoms with Gasteiger partial charge in [-0.25, -0.2) is 0 Å². The zero-order valence-electron chi connectivity index (χ0n) is 11.4. The van der Waals surface area contributed by atoms with E-state index in [1.165, 1.54) is 0 Å². The minimum Gasteiger partial charge on any atom is -0.399 e. The third kappa shape index (κ3) is 4.09. The van der Waals surface area contributed by atoms with Gasteiger partial charge in [-0.15, -0.1) is 0 Å². The summed E-state index contributed by atoms with van der Waals surface area (Å²) in [5.74, 6) is -0.186. The molecule has 0 radical (unpaired) electrons. The Kier molecular flexibility index (Phi) is 5.60. The Morgan fingerprint density at radius 2 is 2.16 bits per heavy atom. The number of likely N-dealkylation sites (N-methyl/N-ethyl adjacent to an activating group) is 1. The fourth-order valence-corrected chi connectivity index (χ4v) is 1.80. The number of hydrogen-bond donors (Lipinski definition) is 3. The summed E-state index contributed by atoms with van der Waals surface area (Å²) in [7, 11) is 1.79. The average molecular weight is 286 g/mol. The Hall–Kier alpha value is -1.30. The lowest BCUT2D eigenvalue weighted by molar-refractivity contribution is -0.121.